The Morgan fingerprint density at radius 2 is 2.16 bits per heavy atom. The summed E-state index contributed by atoms with van der Waals surface area (Å²) >= 11 is 0. The molecule has 7 nitrogen and oxygen atoms in total. The summed E-state index contributed by atoms with van der Waals surface area (Å²) in [6, 6.07) is -0.524. The number of piperidine rings is 1. The van der Waals surface area contributed by atoms with Crippen LogP contribution in [0.2, 0.25) is 0 Å². The van der Waals surface area contributed by atoms with E-state index in [-0.39, 0.29) is 6.10 Å². The Balaban J connectivity index is 2.44. The molecule has 0 aliphatic carbocycles. The van der Waals surface area contributed by atoms with Gasteiger partial charge in [0.1, 0.15) is 0 Å². The highest BCUT2D eigenvalue weighted by molar-refractivity contribution is 6.02. The summed E-state index contributed by atoms with van der Waals surface area (Å²) in [5, 5.41) is 10.5. The molecule has 0 aromatic rings. The lowest BCUT2D eigenvalue weighted by Crippen LogP contribution is -2.49. The number of urea groups is 1. The van der Waals surface area contributed by atoms with Gasteiger partial charge >= 0.3 is 12.0 Å². The molecule has 1 atom stereocenters. The van der Waals surface area contributed by atoms with Crippen LogP contribution >= 0.6 is 0 Å². The van der Waals surface area contributed by atoms with Crippen molar-refractivity contribution in [1.29, 1.82) is 0 Å². The second-order valence-corrected chi connectivity index (χ2v) is 4.13. The van der Waals surface area contributed by atoms with Crippen molar-refractivity contribution < 1.29 is 24.2 Å². The van der Waals surface area contributed by atoms with E-state index in [0.717, 1.165) is 18.9 Å². The van der Waals surface area contributed by atoms with Crippen LogP contribution in [0.4, 0.5) is 4.79 Å². The maximum absolute atomic E-state index is 11.8. The molecule has 106 valence electrons. The van der Waals surface area contributed by atoms with Crippen LogP contribution in [0.3, 0.4) is 0 Å². The number of carboxylic acid groups (broad SMARTS) is 1. The standard InChI is InChI=1S/C12H18N2O5/c1-2-19-9-4-3-7-14(8-9)12(18)13-10(15)5-6-11(16)17/h5-6,9H,2-4,7-8H2,1H3,(H,16,17)(H,13,15,18)/b6-5+. The zero-order valence-corrected chi connectivity index (χ0v) is 10.8. The van der Waals surface area contributed by atoms with Gasteiger partial charge in [0.2, 0.25) is 0 Å². The molecule has 0 aromatic heterocycles. The molecule has 1 aliphatic rings. The Hall–Kier alpha value is -1.89. The van der Waals surface area contributed by atoms with E-state index < -0.39 is 17.9 Å². The zero-order valence-electron chi connectivity index (χ0n) is 10.8. The number of rotatable bonds is 4. The van der Waals surface area contributed by atoms with Crippen molar-refractivity contribution in [2.45, 2.75) is 25.9 Å². The topological polar surface area (TPSA) is 95.9 Å². The Bertz CT molecular complexity index is 378. The predicted octanol–water partition coefficient (Wildman–Crippen LogP) is 0.364. The molecule has 19 heavy (non-hydrogen) atoms. The monoisotopic (exact) mass is 270 g/mol. The Morgan fingerprint density at radius 3 is 2.79 bits per heavy atom. The summed E-state index contributed by atoms with van der Waals surface area (Å²) in [4.78, 5) is 34.8. The molecule has 1 fully saturated rings. The van der Waals surface area contributed by atoms with Gasteiger partial charge in [-0.05, 0) is 19.8 Å². The molecule has 0 aromatic carbocycles. The fourth-order valence-corrected chi connectivity index (χ4v) is 1.87. The molecular weight excluding hydrogens is 252 g/mol. The van der Waals surface area contributed by atoms with Crippen LogP contribution in [-0.2, 0) is 14.3 Å². The molecular formula is C12H18N2O5. The fraction of sp³-hybridized carbons (Fsp3) is 0.583. The molecule has 0 bridgehead atoms. The van der Waals surface area contributed by atoms with Crippen molar-refractivity contribution in [2.24, 2.45) is 0 Å². The highest BCUT2D eigenvalue weighted by atomic mass is 16.5. The smallest absolute Gasteiger partial charge is 0.328 e. The summed E-state index contributed by atoms with van der Waals surface area (Å²) in [6.07, 6.45) is 3.20. The first-order valence-corrected chi connectivity index (χ1v) is 6.15. The second-order valence-electron chi connectivity index (χ2n) is 4.13. The summed E-state index contributed by atoms with van der Waals surface area (Å²) < 4.78 is 5.45. The number of nitrogens with one attached hydrogen (secondary N) is 1. The number of hydrogen-bond donors (Lipinski definition) is 2. The van der Waals surface area contributed by atoms with Crippen molar-refractivity contribution in [3.8, 4) is 0 Å². The lowest BCUT2D eigenvalue weighted by Gasteiger charge is -2.32. The SMILES string of the molecule is CCOC1CCCN(C(=O)NC(=O)/C=C/C(=O)O)C1. The van der Waals surface area contributed by atoms with Crippen LogP contribution in [0.15, 0.2) is 12.2 Å². The first kappa shape index (κ1) is 15.2. The molecule has 3 amide bonds. The van der Waals surface area contributed by atoms with E-state index >= 15 is 0 Å². The number of carbonyl (C=O) groups is 3. The first-order valence-electron chi connectivity index (χ1n) is 6.15. The highest BCUT2D eigenvalue weighted by Gasteiger charge is 2.24. The van der Waals surface area contributed by atoms with Crippen molar-refractivity contribution in [3.63, 3.8) is 0 Å². The number of amides is 3. The number of imide groups is 1. The van der Waals surface area contributed by atoms with E-state index in [0.29, 0.717) is 25.8 Å². The second kappa shape index (κ2) is 7.52. The lowest BCUT2D eigenvalue weighted by molar-refractivity contribution is -0.131. The lowest BCUT2D eigenvalue weighted by atomic mass is 10.1. The molecule has 1 heterocycles. The third-order valence-electron chi connectivity index (χ3n) is 2.68. The maximum Gasteiger partial charge on any atom is 0.328 e. The first-order chi connectivity index (χ1) is 9.02. The van der Waals surface area contributed by atoms with Gasteiger partial charge in [0.05, 0.1) is 6.10 Å². The molecule has 1 aliphatic heterocycles. The van der Waals surface area contributed by atoms with Gasteiger partial charge in [0.25, 0.3) is 5.91 Å². The molecule has 0 saturated carbocycles. The van der Waals surface area contributed by atoms with Gasteiger partial charge in [-0.15, -0.1) is 0 Å². The quantitative estimate of drug-likeness (QED) is 0.719. The average Bonchev–Trinajstić information content (AvgIpc) is 2.37. The minimum atomic E-state index is -1.24. The fourth-order valence-electron chi connectivity index (χ4n) is 1.87. The van der Waals surface area contributed by atoms with Crippen molar-refractivity contribution in [1.82, 2.24) is 10.2 Å². The Kier molecular flexibility index (Phi) is 6.01. The van der Waals surface area contributed by atoms with Gasteiger partial charge < -0.3 is 14.7 Å². The summed E-state index contributed by atoms with van der Waals surface area (Å²) in [6.45, 7) is 3.47. The molecule has 0 radical (unpaired) electrons. The Labute approximate surface area is 111 Å². The average molecular weight is 270 g/mol. The van der Waals surface area contributed by atoms with Gasteiger partial charge in [-0.25, -0.2) is 9.59 Å². The van der Waals surface area contributed by atoms with Crippen LogP contribution in [0.5, 0.6) is 0 Å². The number of carboxylic acids is 1. The normalized spacial score (nSPS) is 19.4. The van der Waals surface area contributed by atoms with Gasteiger partial charge in [0, 0.05) is 31.8 Å². The van der Waals surface area contributed by atoms with Gasteiger partial charge in [-0.3, -0.25) is 10.1 Å². The van der Waals surface area contributed by atoms with E-state index in [1.807, 2.05) is 6.92 Å². The number of ether oxygens (including phenoxy) is 1. The number of likely N-dealkylation sites (tertiary alicyclic amines) is 1. The van der Waals surface area contributed by atoms with E-state index in [1.54, 1.807) is 0 Å². The predicted molar refractivity (Wildman–Crippen MR) is 66.5 cm³/mol. The third-order valence-corrected chi connectivity index (χ3v) is 2.68. The molecule has 2 N–H and O–H groups in total. The van der Waals surface area contributed by atoms with Crippen LogP contribution in [-0.4, -0.2) is 53.7 Å². The summed E-state index contributed by atoms with van der Waals surface area (Å²) in [5.74, 6) is -1.98. The van der Waals surface area contributed by atoms with E-state index in [1.165, 1.54) is 4.90 Å². The number of nitrogens with zero attached hydrogens (tertiary/aromatic N) is 1. The largest absolute Gasteiger partial charge is 0.478 e. The number of carbonyl (C=O) groups excluding carboxylic acids is 2. The van der Waals surface area contributed by atoms with E-state index in [4.69, 9.17) is 9.84 Å². The molecule has 1 rings (SSSR count). The molecule has 1 unspecified atom stereocenters. The third kappa shape index (κ3) is 5.52. The molecule has 1 saturated heterocycles. The number of hydrogen-bond acceptors (Lipinski definition) is 4. The van der Waals surface area contributed by atoms with E-state index in [9.17, 15) is 14.4 Å². The molecule has 7 heteroatoms. The zero-order chi connectivity index (χ0) is 14.3. The van der Waals surface area contributed by atoms with Gasteiger partial charge in [-0.1, -0.05) is 0 Å². The van der Waals surface area contributed by atoms with Crippen LogP contribution in [0.1, 0.15) is 19.8 Å². The van der Waals surface area contributed by atoms with E-state index in [2.05, 4.69) is 5.32 Å². The minimum Gasteiger partial charge on any atom is -0.478 e. The van der Waals surface area contributed by atoms with Gasteiger partial charge in [-0.2, -0.15) is 0 Å². The summed E-state index contributed by atoms with van der Waals surface area (Å²) in [5.41, 5.74) is 0. The van der Waals surface area contributed by atoms with Crippen molar-refractivity contribution >= 4 is 17.9 Å². The summed E-state index contributed by atoms with van der Waals surface area (Å²) in [7, 11) is 0. The van der Waals surface area contributed by atoms with Crippen molar-refractivity contribution in [2.75, 3.05) is 19.7 Å². The minimum absolute atomic E-state index is 0.00540. The van der Waals surface area contributed by atoms with Crippen LogP contribution in [0.25, 0.3) is 0 Å². The van der Waals surface area contributed by atoms with Crippen LogP contribution < -0.4 is 5.32 Å². The van der Waals surface area contributed by atoms with Gasteiger partial charge in [0.15, 0.2) is 0 Å². The highest BCUT2D eigenvalue weighted by Crippen LogP contribution is 2.13. The Morgan fingerprint density at radius 1 is 1.42 bits per heavy atom. The van der Waals surface area contributed by atoms with Crippen LogP contribution in [0, 0.1) is 0 Å². The maximum atomic E-state index is 11.8. The molecule has 0 spiro atoms. The van der Waals surface area contributed by atoms with Crippen molar-refractivity contribution in [3.05, 3.63) is 12.2 Å². The number of aliphatic carboxylic acids is 1.